The van der Waals surface area contributed by atoms with Gasteiger partial charge in [0.05, 0.1) is 25.9 Å². The monoisotopic (exact) mass is 372 g/mol. The third-order valence-electron chi connectivity index (χ3n) is 4.28. The van der Waals surface area contributed by atoms with E-state index in [9.17, 15) is 0 Å². The van der Waals surface area contributed by atoms with Crippen LogP contribution < -0.4 is 20.1 Å². The van der Waals surface area contributed by atoms with Crippen LogP contribution in [-0.2, 0) is 5.41 Å². The van der Waals surface area contributed by atoms with Crippen LogP contribution in [0.15, 0.2) is 42.5 Å². The third kappa shape index (κ3) is 5.11. The predicted molar refractivity (Wildman–Crippen MR) is 112 cm³/mol. The number of benzene rings is 2. The molecule has 0 bridgehead atoms. The minimum Gasteiger partial charge on any atom is -0.497 e. The van der Waals surface area contributed by atoms with E-state index >= 15 is 0 Å². The van der Waals surface area contributed by atoms with Crippen molar-refractivity contribution >= 4 is 23.0 Å². The maximum atomic E-state index is 5.46. The second kappa shape index (κ2) is 8.41. The quantitative estimate of drug-likeness (QED) is 0.719. The fraction of sp³-hybridized carbons (Fsp3) is 0.381. The summed E-state index contributed by atoms with van der Waals surface area (Å²) in [4.78, 5) is 0. The van der Waals surface area contributed by atoms with Crippen LogP contribution in [0.4, 0.5) is 5.69 Å². The maximum absolute atomic E-state index is 5.46. The molecular formula is C21H28N2O2S. The van der Waals surface area contributed by atoms with Gasteiger partial charge in [0, 0.05) is 6.07 Å². The van der Waals surface area contributed by atoms with Crippen LogP contribution in [0.1, 0.15) is 44.9 Å². The first-order valence-corrected chi connectivity index (χ1v) is 9.05. The summed E-state index contributed by atoms with van der Waals surface area (Å²) in [6.45, 7) is 8.73. The summed E-state index contributed by atoms with van der Waals surface area (Å²) in [5.41, 5.74) is 3.44. The van der Waals surface area contributed by atoms with E-state index in [1.54, 1.807) is 14.2 Å². The van der Waals surface area contributed by atoms with E-state index in [0.29, 0.717) is 10.9 Å². The van der Waals surface area contributed by atoms with Gasteiger partial charge in [-0.05, 0) is 47.8 Å². The van der Waals surface area contributed by atoms with Crippen LogP contribution in [0.3, 0.4) is 0 Å². The van der Waals surface area contributed by atoms with Gasteiger partial charge in [-0.1, -0.05) is 45.0 Å². The lowest BCUT2D eigenvalue weighted by Crippen LogP contribution is -2.31. The second-order valence-corrected chi connectivity index (χ2v) is 7.67. The summed E-state index contributed by atoms with van der Waals surface area (Å²) in [6.07, 6.45) is 0. The molecule has 0 spiro atoms. The Balaban J connectivity index is 2.03. The molecule has 2 rings (SSSR count). The van der Waals surface area contributed by atoms with E-state index in [0.717, 1.165) is 11.4 Å². The Morgan fingerprint density at radius 2 is 1.65 bits per heavy atom. The average Bonchev–Trinajstić information content (AvgIpc) is 2.61. The van der Waals surface area contributed by atoms with Gasteiger partial charge in [-0.15, -0.1) is 0 Å². The fourth-order valence-corrected chi connectivity index (χ4v) is 2.90. The number of rotatable bonds is 5. The predicted octanol–water partition coefficient (Wildman–Crippen LogP) is 5.05. The highest BCUT2D eigenvalue weighted by atomic mass is 32.1. The standard InChI is InChI=1S/C21H28N2O2S/c1-14(15-7-9-16(10-8-15)21(2,3)4)22-20(26)23-18-12-11-17(24-5)13-19(18)25-6/h7-14H,1-6H3,(H2,22,23,26)/t14-/m0/s1. The number of nitrogens with one attached hydrogen (secondary N) is 2. The zero-order valence-electron chi connectivity index (χ0n) is 16.3. The third-order valence-corrected chi connectivity index (χ3v) is 4.50. The molecule has 0 aliphatic heterocycles. The highest BCUT2D eigenvalue weighted by molar-refractivity contribution is 7.80. The van der Waals surface area contributed by atoms with Crippen molar-refractivity contribution in [3.8, 4) is 11.5 Å². The minimum atomic E-state index is 0.0910. The van der Waals surface area contributed by atoms with Gasteiger partial charge in [0.1, 0.15) is 11.5 Å². The number of thiocarbonyl (C=S) groups is 1. The lowest BCUT2D eigenvalue weighted by Gasteiger charge is -2.22. The van der Waals surface area contributed by atoms with Crippen molar-refractivity contribution in [1.29, 1.82) is 0 Å². The summed E-state index contributed by atoms with van der Waals surface area (Å²) in [7, 11) is 3.25. The first kappa shape index (κ1) is 20.0. The molecule has 140 valence electrons. The topological polar surface area (TPSA) is 42.5 Å². The van der Waals surface area contributed by atoms with Crippen LogP contribution >= 0.6 is 12.2 Å². The Morgan fingerprint density at radius 3 is 2.19 bits per heavy atom. The Bertz CT molecular complexity index is 752. The van der Waals surface area contributed by atoms with Gasteiger partial charge in [0.15, 0.2) is 5.11 Å². The van der Waals surface area contributed by atoms with Gasteiger partial charge in [-0.25, -0.2) is 0 Å². The molecule has 1 atom stereocenters. The number of hydrogen-bond donors (Lipinski definition) is 2. The lowest BCUT2D eigenvalue weighted by atomic mass is 9.86. The molecule has 2 aromatic rings. The van der Waals surface area contributed by atoms with E-state index in [1.807, 2.05) is 18.2 Å². The summed E-state index contributed by atoms with van der Waals surface area (Å²) in [5, 5.41) is 7.05. The van der Waals surface area contributed by atoms with E-state index in [1.165, 1.54) is 11.1 Å². The maximum Gasteiger partial charge on any atom is 0.171 e. The molecule has 26 heavy (non-hydrogen) atoms. The van der Waals surface area contributed by atoms with Crippen LogP contribution in [0.25, 0.3) is 0 Å². The Labute approximate surface area is 161 Å². The van der Waals surface area contributed by atoms with Crippen molar-refractivity contribution in [2.75, 3.05) is 19.5 Å². The molecule has 5 heteroatoms. The molecule has 0 aromatic heterocycles. The van der Waals surface area contributed by atoms with Gasteiger partial charge in [0.25, 0.3) is 0 Å². The normalized spacial score (nSPS) is 12.2. The molecular weight excluding hydrogens is 344 g/mol. The van der Waals surface area contributed by atoms with Crippen molar-refractivity contribution in [3.63, 3.8) is 0 Å². The van der Waals surface area contributed by atoms with Gasteiger partial charge in [-0.2, -0.15) is 0 Å². The fourth-order valence-electron chi connectivity index (χ4n) is 2.61. The number of methoxy groups -OCH3 is 2. The molecule has 0 aliphatic carbocycles. The lowest BCUT2D eigenvalue weighted by molar-refractivity contribution is 0.395. The van der Waals surface area contributed by atoms with Gasteiger partial charge in [-0.3, -0.25) is 0 Å². The molecule has 0 aliphatic rings. The van der Waals surface area contributed by atoms with Crippen LogP contribution in [-0.4, -0.2) is 19.3 Å². The Hall–Kier alpha value is -2.27. The van der Waals surface area contributed by atoms with Crippen LogP contribution in [0.5, 0.6) is 11.5 Å². The van der Waals surface area contributed by atoms with Crippen molar-refractivity contribution in [1.82, 2.24) is 5.32 Å². The van der Waals surface area contributed by atoms with Crippen molar-refractivity contribution in [3.05, 3.63) is 53.6 Å². The number of ether oxygens (including phenoxy) is 2. The van der Waals surface area contributed by atoms with Gasteiger partial charge < -0.3 is 20.1 Å². The van der Waals surface area contributed by atoms with Gasteiger partial charge in [0.2, 0.25) is 0 Å². The molecule has 0 radical (unpaired) electrons. The van der Waals surface area contributed by atoms with Crippen LogP contribution in [0, 0.1) is 0 Å². The molecule has 0 saturated heterocycles. The highest BCUT2D eigenvalue weighted by Crippen LogP contribution is 2.29. The number of anilines is 1. The summed E-state index contributed by atoms with van der Waals surface area (Å²) >= 11 is 5.46. The first-order chi connectivity index (χ1) is 12.2. The smallest absolute Gasteiger partial charge is 0.171 e. The van der Waals surface area contributed by atoms with Crippen molar-refractivity contribution in [2.45, 2.75) is 39.2 Å². The van der Waals surface area contributed by atoms with Crippen LogP contribution in [0.2, 0.25) is 0 Å². The second-order valence-electron chi connectivity index (χ2n) is 7.26. The van der Waals surface area contributed by atoms with E-state index in [2.05, 4.69) is 62.6 Å². The molecule has 0 unspecified atom stereocenters. The van der Waals surface area contributed by atoms with Crippen molar-refractivity contribution < 1.29 is 9.47 Å². The molecule has 0 saturated carbocycles. The van der Waals surface area contributed by atoms with E-state index in [4.69, 9.17) is 21.7 Å². The van der Waals surface area contributed by atoms with E-state index in [-0.39, 0.29) is 11.5 Å². The molecule has 0 fully saturated rings. The average molecular weight is 373 g/mol. The summed E-state index contributed by atoms with van der Waals surface area (Å²) in [6, 6.07) is 14.3. The Morgan fingerprint density at radius 1 is 1.00 bits per heavy atom. The first-order valence-electron chi connectivity index (χ1n) is 8.64. The zero-order valence-corrected chi connectivity index (χ0v) is 17.2. The molecule has 2 N–H and O–H groups in total. The molecule has 2 aromatic carbocycles. The van der Waals surface area contributed by atoms with Crippen molar-refractivity contribution in [2.24, 2.45) is 0 Å². The molecule has 0 heterocycles. The minimum absolute atomic E-state index is 0.0910. The van der Waals surface area contributed by atoms with E-state index < -0.39 is 0 Å². The largest absolute Gasteiger partial charge is 0.497 e. The number of hydrogen-bond acceptors (Lipinski definition) is 3. The SMILES string of the molecule is COc1ccc(NC(=S)N[C@@H](C)c2ccc(C(C)(C)C)cc2)c(OC)c1. The zero-order chi connectivity index (χ0) is 19.3. The summed E-state index contributed by atoms with van der Waals surface area (Å²) in [5.74, 6) is 1.41. The highest BCUT2D eigenvalue weighted by Gasteiger charge is 2.15. The molecule has 4 nitrogen and oxygen atoms in total. The van der Waals surface area contributed by atoms with Gasteiger partial charge >= 0.3 is 0 Å². The summed E-state index contributed by atoms with van der Waals surface area (Å²) < 4.78 is 10.6. The Kier molecular flexibility index (Phi) is 6.48. The molecule has 0 amide bonds.